The van der Waals surface area contributed by atoms with Gasteiger partial charge in [0.05, 0.1) is 6.61 Å². The van der Waals surface area contributed by atoms with Crippen LogP contribution in [0.3, 0.4) is 0 Å². The lowest BCUT2D eigenvalue weighted by Crippen LogP contribution is -2.12. The first kappa shape index (κ1) is 7.83. The summed E-state index contributed by atoms with van der Waals surface area (Å²) in [6.45, 7) is -0.215. The van der Waals surface area contributed by atoms with Gasteiger partial charge >= 0.3 is 0 Å². The van der Waals surface area contributed by atoms with Crippen LogP contribution in [0.5, 0.6) is 0 Å². The first-order chi connectivity index (χ1) is 3.56. The molecule has 0 unspecified atom stereocenters. The molecular weight excluding hydrogens is 134 g/mol. The molecule has 0 bridgehead atoms. The lowest BCUT2D eigenvalue weighted by atomic mass is 10.8. The summed E-state index contributed by atoms with van der Waals surface area (Å²) >= 11 is 0. The molecule has 0 aromatic heterocycles. The zero-order valence-corrected chi connectivity index (χ0v) is 4.85. The summed E-state index contributed by atoms with van der Waals surface area (Å²) < 4.78 is 32.3. The summed E-state index contributed by atoms with van der Waals surface area (Å²) in [7, 11) is -4.52. The molecule has 0 radical (unpaired) electrons. The van der Waals surface area contributed by atoms with Gasteiger partial charge in [0, 0.05) is 6.54 Å². The average Bonchev–Trinajstić information content (AvgIpc) is 1.59. The largest absolute Gasteiger partial charge is 0.726 e. The molecule has 0 spiro atoms. The topological polar surface area (TPSA) is 92.5 Å². The van der Waals surface area contributed by atoms with Crippen molar-refractivity contribution in [2.24, 2.45) is 5.73 Å². The molecule has 0 amide bonds. The standard InChI is InChI=1S/C2H7NO4S/c3-1-2-7-8(4,5)6/h1-3H2,(H,4,5,6)/p-1. The Bertz CT molecular complexity index is 138. The van der Waals surface area contributed by atoms with Crippen LogP contribution in [0, 0.1) is 0 Å². The van der Waals surface area contributed by atoms with E-state index < -0.39 is 10.4 Å². The predicted molar refractivity (Wildman–Crippen MR) is 24.7 cm³/mol. The predicted octanol–water partition coefficient (Wildman–Crippen LogP) is -1.58. The molecule has 0 aliphatic heterocycles. The second kappa shape index (κ2) is 2.98. The van der Waals surface area contributed by atoms with Crippen LogP contribution in [0.15, 0.2) is 0 Å². The van der Waals surface area contributed by atoms with E-state index in [1.165, 1.54) is 0 Å². The maximum atomic E-state index is 9.56. The first-order valence-electron chi connectivity index (χ1n) is 1.86. The summed E-state index contributed by atoms with van der Waals surface area (Å²) in [5.41, 5.74) is 4.81. The van der Waals surface area contributed by atoms with Gasteiger partial charge < -0.3 is 10.3 Å². The maximum Gasteiger partial charge on any atom is 0.217 e. The van der Waals surface area contributed by atoms with Crippen LogP contribution in [-0.2, 0) is 14.6 Å². The van der Waals surface area contributed by atoms with Crippen LogP contribution in [0.25, 0.3) is 0 Å². The van der Waals surface area contributed by atoms with Gasteiger partial charge in [-0.15, -0.1) is 0 Å². The summed E-state index contributed by atoms with van der Waals surface area (Å²) in [6.07, 6.45) is 0. The van der Waals surface area contributed by atoms with Crippen molar-refractivity contribution in [2.75, 3.05) is 13.2 Å². The minimum Gasteiger partial charge on any atom is -0.726 e. The average molecular weight is 140 g/mol. The third kappa shape index (κ3) is 5.83. The first-order valence-corrected chi connectivity index (χ1v) is 3.20. The van der Waals surface area contributed by atoms with Gasteiger partial charge in [-0.3, -0.25) is 4.18 Å². The molecule has 0 rings (SSSR count). The molecule has 8 heavy (non-hydrogen) atoms. The summed E-state index contributed by atoms with van der Waals surface area (Å²) in [6, 6.07) is 0. The second-order valence-electron chi connectivity index (χ2n) is 1.02. The zero-order valence-electron chi connectivity index (χ0n) is 4.03. The Kier molecular flexibility index (Phi) is 2.91. The van der Waals surface area contributed by atoms with E-state index in [0.717, 1.165) is 0 Å². The van der Waals surface area contributed by atoms with E-state index in [1.807, 2.05) is 0 Å². The molecule has 5 nitrogen and oxygen atoms in total. The number of hydrogen-bond donors (Lipinski definition) is 1. The minimum absolute atomic E-state index is 0.0292. The SMILES string of the molecule is NCCOS(=O)(=O)[O-]. The second-order valence-corrected chi connectivity index (χ2v) is 2.07. The van der Waals surface area contributed by atoms with Crippen molar-refractivity contribution in [3.05, 3.63) is 0 Å². The molecule has 0 atom stereocenters. The fourth-order valence-electron chi connectivity index (χ4n) is 0.150. The summed E-state index contributed by atoms with van der Waals surface area (Å²) in [5.74, 6) is 0. The number of rotatable bonds is 3. The molecule has 2 N–H and O–H groups in total. The summed E-state index contributed by atoms with van der Waals surface area (Å²) in [4.78, 5) is 0. The van der Waals surface area contributed by atoms with Crippen LogP contribution in [0.1, 0.15) is 0 Å². The van der Waals surface area contributed by atoms with E-state index in [4.69, 9.17) is 5.73 Å². The number of nitrogens with two attached hydrogens (primary N) is 1. The molecule has 0 aliphatic rings. The Labute approximate surface area is 47.4 Å². The van der Waals surface area contributed by atoms with Crippen LogP contribution in [0.4, 0.5) is 0 Å². The van der Waals surface area contributed by atoms with Crippen molar-refractivity contribution < 1.29 is 17.2 Å². The van der Waals surface area contributed by atoms with Crippen molar-refractivity contribution in [3.63, 3.8) is 0 Å². The van der Waals surface area contributed by atoms with Gasteiger partial charge in [-0.05, 0) is 0 Å². The fraction of sp³-hybridized carbons (Fsp3) is 1.00. The van der Waals surface area contributed by atoms with Crippen molar-refractivity contribution in [1.82, 2.24) is 0 Å². The molecule has 0 heterocycles. The molecule has 0 aromatic carbocycles. The Balaban J connectivity index is 3.42. The highest BCUT2D eigenvalue weighted by molar-refractivity contribution is 7.80. The molecule has 50 valence electrons. The highest BCUT2D eigenvalue weighted by Crippen LogP contribution is 1.80. The van der Waals surface area contributed by atoms with E-state index in [0.29, 0.717) is 0 Å². The lowest BCUT2D eigenvalue weighted by molar-refractivity contribution is 0.268. The number of hydrogen-bond acceptors (Lipinski definition) is 5. The third-order valence-corrected chi connectivity index (χ3v) is 0.801. The van der Waals surface area contributed by atoms with Gasteiger partial charge in [0.2, 0.25) is 10.4 Å². The normalized spacial score (nSPS) is 11.8. The van der Waals surface area contributed by atoms with Crippen molar-refractivity contribution in [3.8, 4) is 0 Å². The maximum absolute atomic E-state index is 9.56. The van der Waals surface area contributed by atoms with Crippen LogP contribution in [0.2, 0.25) is 0 Å². The smallest absolute Gasteiger partial charge is 0.217 e. The van der Waals surface area contributed by atoms with E-state index in [-0.39, 0.29) is 13.2 Å². The molecule has 0 aliphatic carbocycles. The fourth-order valence-corrected chi connectivity index (χ4v) is 0.451. The van der Waals surface area contributed by atoms with Crippen molar-refractivity contribution >= 4 is 10.4 Å². The molecule has 0 saturated heterocycles. The Morgan fingerprint density at radius 3 is 2.25 bits per heavy atom. The van der Waals surface area contributed by atoms with Gasteiger partial charge in [-0.25, -0.2) is 8.42 Å². The monoisotopic (exact) mass is 140 g/mol. The highest BCUT2D eigenvalue weighted by Gasteiger charge is 1.88. The van der Waals surface area contributed by atoms with Crippen molar-refractivity contribution in [1.29, 1.82) is 0 Å². The van der Waals surface area contributed by atoms with Crippen LogP contribution in [-0.4, -0.2) is 26.1 Å². The Morgan fingerprint density at radius 1 is 1.62 bits per heavy atom. The third-order valence-electron chi connectivity index (χ3n) is 0.346. The van der Waals surface area contributed by atoms with E-state index in [2.05, 4.69) is 4.18 Å². The Morgan fingerprint density at radius 2 is 2.12 bits per heavy atom. The molecule has 0 fully saturated rings. The van der Waals surface area contributed by atoms with Gasteiger partial charge in [0.25, 0.3) is 0 Å². The molecule has 0 saturated carbocycles. The minimum atomic E-state index is -4.52. The van der Waals surface area contributed by atoms with Gasteiger partial charge in [-0.2, -0.15) is 0 Å². The van der Waals surface area contributed by atoms with Crippen LogP contribution < -0.4 is 5.73 Å². The van der Waals surface area contributed by atoms with E-state index >= 15 is 0 Å². The van der Waals surface area contributed by atoms with Gasteiger partial charge in [0.15, 0.2) is 0 Å². The van der Waals surface area contributed by atoms with E-state index in [9.17, 15) is 13.0 Å². The molecular formula is C2H6NO4S-. The van der Waals surface area contributed by atoms with E-state index in [1.54, 1.807) is 0 Å². The van der Waals surface area contributed by atoms with Crippen LogP contribution >= 0.6 is 0 Å². The lowest BCUT2D eigenvalue weighted by Gasteiger charge is -2.04. The quantitative estimate of drug-likeness (QED) is 0.377. The highest BCUT2D eigenvalue weighted by atomic mass is 32.3. The Hall–Kier alpha value is -0.170. The molecule has 0 aromatic rings. The zero-order chi connectivity index (χ0) is 6.62. The van der Waals surface area contributed by atoms with Crippen molar-refractivity contribution in [2.45, 2.75) is 0 Å². The summed E-state index contributed by atoms with van der Waals surface area (Å²) in [5, 5.41) is 0. The van der Waals surface area contributed by atoms with Gasteiger partial charge in [-0.1, -0.05) is 0 Å². The van der Waals surface area contributed by atoms with Gasteiger partial charge in [0.1, 0.15) is 0 Å². The molecule has 6 heteroatoms.